The first-order chi connectivity index (χ1) is 24.3. The molecule has 8 nitrogen and oxygen atoms in total. The molecule has 0 radical (unpaired) electrons. The van der Waals surface area contributed by atoms with Crippen molar-refractivity contribution in [3.05, 3.63) is 145 Å². The molecule has 226 valence electrons. The Labute approximate surface area is 275 Å². The quantitative estimate of drug-likeness (QED) is 0.177. The third-order valence-electron chi connectivity index (χ3n) is 7.74. The molecule has 0 bridgehead atoms. The van der Waals surface area contributed by atoms with Crippen molar-refractivity contribution in [3.8, 4) is 51.5 Å². The minimum Gasteiger partial charge on any atom is -0.457 e. The number of ether oxygens (including phenoxy) is 2. The van der Waals surface area contributed by atoms with Gasteiger partial charge < -0.3 is 9.47 Å². The minimum atomic E-state index is -2.34. The third-order valence-corrected chi connectivity index (χ3v) is 7.74. The minimum absolute atomic E-state index is 0.157. The van der Waals surface area contributed by atoms with Crippen LogP contribution < -0.4 is 9.47 Å². The molecule has 8 aromatic rings. The van der Waals surface area contributed by atoms with Gasteiger partial charge in [-0.05, 0) is 110 Å². The predicted molar refractivity (Wildman–Crippen MR) is 183 cm³/mol. The number of hydrogen-bond donors (Lipinski definition) is 0. The molecule has 0 fully saturated rings. The number of fused-ring (bicyclic) bond motifs is 3. The topological polar surface area (TPSA) is 87.8 Å². The molecule has 0 aliphatic rings. The van der Waals surface area contributed by atoms with E-state index in [1.54, 1.807) is 30.6 Å². The molecule has 0 aliphatic carbocycles. The number of rotatable bonds is 7. The van der Waals surface area contributed by atoms with Crippen LogP contribution in [0, 0.1) is 13.8 Å². The molecule has 0 aliphatic heterocycles. The highest BCUT2D eigenvalue weighted by atomic mass is 16.5. The molecule has 0 unspecified atom stereocenters. The summed E-state index contributed by atoms with van der Waals surface area (Å²) < 4.78 is 38.9. The van der Waals surface area contributed by atoms with Crippen molar-refractivity contribution in [2.75, 3.05) is 0 Å². The molecule has 0 N–H and O–H groups in total. The SMILES string of the molecule is [2H]C([2H])([2H])c1cc(Oc2ccc3c4ccc(Oc5cc(C)cc(-c6ccccn6)c5)cc4n(-c4ncncn4)c3c2)cc(-c2ccccn2)c1. The molecule has 8 heteroatoms. The summed E-state index contributed by atoms with van der Waals surface area (Å²) in [5.74, 6) is 2.62. The standard InChI is InChI=1S/C39H28N6O2/c1-25-15-27(35-7-3-5-13-41-35)19-31(17-25)46-29-9-11-33-34-12-10-30(22-38(34)45(37(33)21-29)39-43-23-40-24-44-39)47-32-18-26(2)16-28(20-32)36-8-4-6-14-42-36/h3-24H,1-2H3/i1D3. The van der Waals surface area contributed by atoms with Gasteiger partial charge in [0.25, 0.3) is 0 Å². The van der Waals surface area contributed by atoms with Gasteiger partial charge in [0.05, 0.1) is 22.4 Å². The molecule has 4 heterocycles. The van der Waals surface area contributed by atoms with Crippen LogP contribution >= 0.6 is 0 Å². The van der Waals surface area contributed by atoms with Gasteiger partial charge in [-0.2, -0.15) is 0 Å². The van der Waals surface area contributed by atoms with E-state index >= 15 is 0 Å². The summed E-state index contributed by atoms with van der Waals surface area (Å²) in [5.41, 5.74) is 5.92. The highest BCUT2D eigenvalue weighted by molar-refractivity contribution is 6.09. The van der Waals surface area contributed by atoms with Gasteiger partial charge in [-0.1, -0.05) is 12.1 Å². The van der Waals surface area contributed by atoms with E-state index in [9.17, 15) is 0 Å². The Balaban J connectivity index is 1.21. The molecule has 0 atom stereocenters. The molecular formula is C39H28N6O2. The number of hydrogen-bond acceptors (Lipinski definition) is 7. The summed E-state index contributed by atoms with van der Waals surface area (Å²) in [5, 5.41) is 1.90. The molecule has 0 saturated carbocycles. The molecule has 47 heavy (non-hydrogen) atoms. The van der Waals surface area contributed by atoms with Gasteiger partial charge >= 0.3 is 0 Å². The zero-order valence-corrected chi connectivity index (χ0v) is 25.2. The Morgan fingerprint density at radius 3 is 1.64 bits per heavy atom. The highest BCUT2D eigenvalue weighted by Gasteiger charge is 2.17. The molecule has 0 spiro atoms. The Kier molecular flexibility index (Phi) is 6.26. The first-order valence-corrected chi connectivity index (χ1v) is 14.9. The van der Waals surface area contributed by atoms with Crippen LogP contribution in [0.25, 0.3) is 50.3 Å². The van der Waals surface area contributed by atoms with Crippen LogP contribution in [-0.2, 0) is 0 Å². The molecular weight excluding hydrogens is 584 g/mol. The van der Waals surface area contributed by atoms with Gasteiger partial charge in [0.2, 0.25) is 5.95 Å². The monoisotopic (exact) mass is 615 g/mol. The van der Waals surface area contributed by atoms with Gasteiger partial charge in [-0.3, -0.25) is 14.5 Å². The van der Waals surface area contributed by atoms with Gasteiger partial charge in [-0.15, -0.1) is 0 Å². The summed E-state index contributed by atoms with van der Waals surface area (Å²) in [6, 6.07) is 34.0. The molecule has 0 saturated heterocycles. The largest absolute Gasteiger partial charge is 0.457 e. The van der Waals surface area contributed by atoms with Crippen LogP contribution in [-0.4, -0.2) is 29.5 Å². The summed E-state index contributed by atoms with van der Waals surface area (Å²) in [6.45, 7) is -0.310. The van der Waals surface area contributed by atoms with E-state index in [0.717, 1.165) is 38.6 Å². The van der Waals surface area contributed by atoms with Crippen LogP contribution in [0.4, 0.5) is 0 Å². The van der Waals surface area contributed by atoms with Crippen LogP contribution in [0.3, 0.4) is 0 Å². The maximum absolute atomic E-state index is 8.07. The van der Waals surface area contributed by atoms with E-state index in [1.807, 2.05) is 96.4 Å². The van der Waals surface area contributed by atoms with Crippen molar-refractivity contribution in [1.29, 1.82) is 0 Å². The van der Waals surface area contributed by atoms with E-state index in [0.29, 0.717) is 40.2 Å². The van der Waals surface area contributed by atoms with Crippen molar-refractivity contribution >= 4 is 21.8 Å². The second-order valence-corrected chi connectivity index (χ2v) is 11.0. The zero-order valence-electron chi connectivity index (χ0n) is 28.2. The van der Waals surface area contributed by atoms with Crippen molar-refractivity contribution in [1.82, 2.24) is 29.5 Å². The summed E-state index contributed by atoms with van der Waals surface area (Å²) in [6.07, 6.45) is 6.34. The number of pyridine rings is 2. The average molecular weight is 616 g/mol. The molecule has 0 amide bonds. The Morgan fingerprint density at radius 2 is 1.11 bits per heavy atom. The normalized spacial score (nSPS) is 12.4. The third kappa shape index (κ3) is 5.64. The van der Waals surface area contributed by atoms with Gasteiger partial charge in [-0.25, -0.2) is 15.0 Å². The van der Waals surface area contributed by atoms with E-state index in [-0.39, 0.29) is 5.56 Å². The van der Waals surface area contributed by atoms with Crippen LogP contribution in [0.1, 0.15) is 15.2 Å². The van der Waals surface area contributed by atoms with Gasteiger partial charge in [0, 0.05) is 50.5 Å². The van der Waals surface area contributed by atoms with Crippen LogP contribution in [0.5, 0.6) is 23.0 Å². The Bertz CT molecular complexity index is 2490. The number of aryl methyl sites for hydroxylation is 2. The summed E-state index contributed by atoms with van der Waals surface area (Å²) in [7, 11) is 0. The molecule has 8 rings (SSSR count). The second kappa shape index (κ2) is 11.8. The van der Waals surface area contributed by atoms with E-state index in [4.69, 9.17) is 13.6 Å². The lowest BCUT2D eigenvalue weighted by Crippen LogP contribution is -2.01. The summed E-state index contributed by atoms with van der Waals surface area (Å²) in [4.78, 5) is 21.9. The van der Waals surface area contributed by atoms with E-state index in [1.165, 1.54) is 12.7 Å². The van der Waals surface area contributed by atoms with E-state index in [2.05, 4.69) is 31.0 Å². The van der Waals surface area contributed by atoms with Crippen molar-refractivity contribution in [2.24, 2.45) is 0 Å². The first-order valence-electron chi connectivity index (χ1n) is 16.4. The van der Waals surface area contributed by atoms with E-state index < -0.39 is 6.85 Å². The molecule has 4 aromatic carbocycles. The lowest BCUT2D eigenvalue weighted by Gasteiger charge is -2.11. The lowest BCUT2D eigenvalue weighted by molar-refractivity contribution is 0.483. The smallest absolute Gasteiger partial charge is 0.237 e. The second-order valence-electron chi connectivity index (χ2n) is 11.0. The van der Waals surface area contributed by atoms with Crippen LogP contribution in [0.2, 0.25) is 0 Å². The summed E-state index contributed by atoms with van der Waals surface area (Å²) >= 11 is 0. The average Bonchev–Trinajstić information content (AvgIpc) is 3.44. The van der Waals surface area contributed by atoms with Gasteiger partial charge in [0.15, 0.2) is 0 Å². The molecule has 4 aromatic heterocycles. The Morgan fingerprint density at radius 1 is 0.553 bits per heavy atom. The zero-order chi connectivity index (χ0) is 34.2. The predicted octanol–water partition coefficient (Wildman–Crippen LogP) is 9.29. The van der Waals surface area contributed by atoms with Crippen molar-refractivity contribution < 1.29 is 13.6 Å². The fourth-order valence-corrected chi connectivity index (χ4v) is 5.77. The fourth-order valence-electron chi connectivity index (χ4n) is 5.77. The van der Waals surface area contributed by atoms with Gasteiger partial charge in [0.1, 0.15) is 35.7 Å². The number of benzene rings is 4. The van der Waals surface area contributed by atoms with Crippen molar-refractivity contribution in [2.45, 2.75) is 13.8 Å². The maximum atomic E-state index is 8.07. The lowest BCUT2D eigenvalue weighted by atomic mass is 10.1. The van der Waals surface area contributed by atoms with Crippen LogP contribution in [0.15, 0.2) is 134 Å². The Hall–Kier alpha value is -6.41. The highest BCUT2D eigenvalue weighted by Crippen LogP contribution is 2.38. The fraction of sp³-hybridized carbons (Fsp3) is 0.0513. The first kappa shape index (κ1) is 24.9. The maximum Gasteiger partial charge on any atom is 0.237 e. The number of aromatic nitrogens is 6. The van der Waals surface area contributed by atoms with Crippen molar-refractivity contribution in [3.63, 3.8) is 0 Å². The number of nitrogens with zero attached hydrogens (tertiary/aromatic N) is 6.